The molecule has 0 aromatic heterocycles. The molecule has 0 spiro atoms. The van der Waals surface area contributed by atoms with E-state index in [9.17, 15) is 26.3 Å². The Morgan fingerprint density at radius 2 is 0.808 bits per heavy atom. The molecule has 2 aliphatic rings. The van der Waals surface area contributed by atoms with Crippen LogP contribution in [0.1, 0.15) is 25.7 Å². The average molecular weight is 398 g/mol. The van der Waals surface area contributed by atoms with Crippen LogP contribution in [0.3, 0.4) is 0 Å². The maximum atomic E-state index is 10.6. The smallest absolute Gasteiger partial charge is 0.475 e. The normalized spacial score (nSPS) is 17.8. The second-order valence-electron chi connectivity index (χ2n) is 5.63. The van der Waals surface area contributed by atoms with Crippen LogP contribution in [0.4, 0.5) is 26.3 Å². The van der Waals surface area contributed by atoms with Gasteiger partial charge in [-0.25, -0.2) is 9.59 Å². The van der Waals surface area contributed by atoms with Gasteiger partial charge >= 0.3 is 24.3 Å². The van der Waals surface area contributed by atoms with Crippen molar-refractivity contribution in [1.29, 1.82) is 0 Å². The standard InChI is InChI=1S/2C5H11N.2C2HF3O2/c2*1-6-4-2-3-5-6;2*3-2(4,5)1(6)7/h2*2-5H2,1H3;2*(H,6,7). The predicted octanol–water partition coefficient (Wildman–Crippen LogP) is 2.69. The third-order valence-corrected chi connectivity index (χ3v) is 3.14. The van der Waals surface area contributed by atoms with E-state index >= 15 is 0 Å². The van der Waals surface area contributed by atoms with E-state index < -0.39 is 24.3 Å². The molecule has 0 aliphatic carbocycles. The molecule has 2 heterocycles. The van der Waals surface area contributed by atoms with Crippen LogP contribution >= 0.6 is 0 Å². The minimum absolute atomic E-state index is 1.32. The average Bonchev–Trinajstić information content (AvgIpc) is 3.12. The number of carbonyl (C=O) groups is 2. The number of hydrogen-bond acceptors (Lipinski definition) is 4. The van der Waals surface area contributed by atoms with Gasteiger partial charge in [-0.3, -0.25) is 0 Å². The number of carboxylic acids is 2. The van der Waals surface area contributed by atoms with Crippen molar-refractivity contribution in [3.05, 3.63) is 0 Å². The molecule has 0 amide bonds. The molecule has 0 aromatic rings. The fraction of sp³-hybridized carbons (Fsp3) is 0.857. The number of aliphatic carboxylic acids is 2. The lowest BCUT2D eigenvalue weighted by Gasteiger charge is -2.01. The van der Waals surface area contributed by atoms with Crippen molar-refractivity contribution in [2.45, 2.75) is 38.0 Å². The van der Waals surface area contributed by atoms with Crippen molar-refractivity contribution in [2.24, 2.45) is 0 Å². The number of halogens is 6. The zero-order valence-corrected chi connectivity index (χ0v) is 14.5. The summed E-state index contributed by atoms with van der Waals surface area (Å²) in [6.45, 7) is 5.28. The topological polar surface area (TPSA) is 81.1 Å². The van der Waals surface area contributed by atoms with Gasteiger partial charge in [0, 0.05) is 0 Å². The van der Waals surface area contributed by atoms with Crippen LogP contribution in [0.15, 0.2) is 0 Å². The molecule has 12 heteroatoms. The largest absolute Gasteiger partial charge is 0.490 e. The first-order chi connectivity index (χ1) is 11.7. The number of nitrogens with zero attached hydrogens (tertiary/aromatic N) is 2. The van der Waals surface area contributed by atoms with Crippen LogP contribution < -0.4 is 0 Å². The molecule has 0 unspecified atom stereocenters. The van der Waals surface area contributed by atoms with Crippen LogP contribution in [0.25, 0.3) is 0 Å². The Balaban J connectivity index is 0. The monoisotopic (exact) mass is 398 g/mol. The Hall–Kier alpha value is -1.56. The summed E-state index contributed by atoms with van der Waals surface area (Å²) in [5, 5.41) is 14.2. The number of hydrogen-bond donors (Lipinski definition) is 2. The Morgan fingerprint density at radius 3 is 0.846 bits per heavy atom. The highest BCUT2D eigenvalue weighted by atomic mass is 19.4. The molecule has 156 valence electrons. The van der Waals surface area contributed by atoms with E-state index in [4.69, 9.17) is 19.8 Å². The molecule has 2 fully saturated rings. The number of likely N-dealkylation sites (tertiary alicyclic amines) is 2. The van der Waals surface area contributed by atoms with Crippen molar-refractivity contribution in [2.75, 3.05) is 40.3 Å². The van der Waals surface area contributed by atoms with Gasteiger partial charge in [-0.15, -0.1) is 0 Å². The molecular weight excluding hydrogens is 374 g/mol. The molecule has 2 aliphatic heterocycles. The molecule has 26 heavy (non-hydrogen) atoms. The highest BCUT2D eigenvalue weighted by molar-refractivity contribution is 5.73. The van der Waals surface area contributed by atoms with Crippen LogP contribution in [0, 0.1) is 0 Å². The molecule has 2 rings (SSSR count). The molecule has 0 saturated carbocycles. The summed E-state index contributed by atoms with van der Waals surface area (Å²) in [5.74, 6) is -5.51. The quantitative estimate of drug-likeness (QED) is 0.611. The lowest BCUT2D eigenvalue weighted by molar-refractivity contribution is -0.193. The van der Waals surface area contributed by atoms with Crippen molar-refractivity contribution in [3.8, 4) is 0 Å². The molecular formula is C14H24F6N2O4. The molecule has 0 bridgehead atoms. The van der Waals surface area contributed by atoms with Crippen molar-refractivity contribution in [1.82, 2.24) is 9.80 Å². The zero-order valence-electron chi connectivity index (χ0n) is 14.5. The van der Waals surface area contributed by atoms with Gasteiger partial charge in [0.05, 0.1) is 0 Å². The second-order valence-corrected chi connectivity index (χ2v) is 5.63. The van der Waals surface area contributed by atoms with Gasteiger partial charge in [0.15, 0.2) is 0 Å². The third-order valence-electron chi connectivity index (χ3n) is 3.14. The van der Waals surface area contributed by atoms with Crippen molar-refractivity contribution < 1.29 is 46.1 Å². The molecule has 0 atom stereocenters. The van der Waals surface area contributed by atoms with Gasteiger partial charge in [-0.1, -0.05) is 0 Å². The molecule has 0 aromatic carbocycles. The van der Waals surface area contributed by atoms with E-state index in [0.29, 0.717) is 0 Å². The Kier molecular flexibility index (Phi) is 13.1. The van der Waals surface area contributed by atoms with Crippen LogP contribution in [0.5, 0.6) is 0 Å². The zero-order chi connectivity index (χ0) is 21.0. The van der Waals surface area contributed by atoms with E-state index in [0.717, 1.165) is 0 Å². The molecule has 2 N–H and O–H groups in total. The maximum Gasteiger partial charge on any atom is 0.490 e. The summed E-state index contributed by atoms with van der Waals surface area (Å²) in [7, 11) is 4.35. The summed E-state index contributed by atoms with van der Waals surface area (Å²) in [6, 6.07) is 0. The minimum atomic E-state index is -5.08. The highest BCUT2D eigenvalue weighted by Gasteiger charge is 2.38. The van der Waals surface area contributed by atoms with Crippen LogP contribution in [0.2, 0.25) is 0 Å². The Labute approximate surface area is 147 Å². The Bertz CT molecular complexity index is 365. The van der Waals surface area contributed by atoms with E-state index in [1.165, 1.54) is 51.9 Å². The summed E-state index contributed by atoms with van der Waals surface area (Å²) in [6.07, 6.45) is -4.51. The van der Waals surface area contributed by atoms with Gasteiger partial charge in [-0.2, -0.15) is 26.3 Å². The van der Waals surface area contributed by atoms with E-state index in [-0.39, 0.29) is 0 Å². The Morgan fingerprint density at radius 1 is 0.654 bits per heavy atom. The summed E-state index contributed by atoms with van der Waals surface area (Å²) >= 11 is 0. The first-order valence-corrected chi connectivity index (χ1v) is 7.65. The summed E-state index contributed by atoms with van der Waals surface area (Å²) < 4.78 is 63.5. The molecule has 2 saturated heterocycles. The van der Waals surface area contributed by atoms with Crippen LogP contribution in [-0.2, 0) is 9.59 Å². The van der Waals surface area contributed by atoms with Gasteiger partial charge in [0.1, 0.15) is 0 Å². The van der Waals surface area contributed by atoms with Crippen molar-refractivity contribution in [3.63, 3.8) is 0 Å². The SMILES string of the molecule is CN1CCCC1.CN1CCCC1.O=C(O)C(F)(F)F.O=C(O)C(F)(F)F. The highest BCUT2D eigenvalue weighted by Crippen LogP contribution is 2.13. The fourth-order valence-electron chi connectivity index (χ4n) is 1.75. The van der Waals surface area contributed by atoms with Crippen LogP contribution in [-0.4, -0.2) is 84.6 Å². The number of alkyl halides is 6. The third kappa shape index (κ3) is 17.3. The van der Waals surface area contributed by atoms with Gasteiger partial charge in [0.2, 0.25) is 0 Å². The van der Waals surface area contributed by atoms with Gasteiger partial charge < -0.3 is 20.0 Å². The van der Waals surface area contributed by atoms with Gasteiger partial charge in [0.25, 0.3) is 0 Å². The van der Waals surface area contributed by atoms with E-state index in [2.05, 4.69) is 23.9 Å². The predicted molar refractivity (Wildman–Crippen MR) is 80.8 cm³/mol. The summed E-state index contributed by atoms with van der Waals surface area (Å²) in [5.41, 5.74) is 0. The summed E-state index contributed by atoms with van der Waals surface area (Å²) in [4.78, 5) is 22.5. The second kappa shape index (κ2) is 12.7. The number of carboxylic acid groups (broad SMARTS) is 2. The molecule has 6 nitrogen and oxygen atoms in total. The fourth-order valence-corrected chi connectivity index (χ4v) is 1.75. The first-order valence-electron chi connectivity index (χ1n) is 7.65. The van der Waals surface area contributed by atoms with Gasteiger partial charge in [-0.05, 0) is 66.0 Å². The first kappa shape index (κ1) is 26.7. The molecule has 0 radical (unpaired) electrons. The van der Waals surface area contributed by atoms with E-state index in [1.54, 1.807) is 0 Å². The number of rotatable bonds is 0. The maximum absolute atomic E-state index is 10.6. The lowest BCUT2D eigenvalue weighted by Crippen LogP contribution is -2.21. The van der Waals surface area contributed by atoms with E-state index in [1.807, 2.05) is 0 Å². The van der Waals surface area contributed by atoms with Crippen molar-refractivity contribution >= 4 is 11.9 Å². The minimum Gasteiger partial charge on any atom is -0.475 e. The lowest BCUT2D eigenvalue weighted by atomic mass is 10.4.